The van der Waals surface area contributed by atoms with Crippen molar-refractivity contribution in [3.63, 3.8) is 0 Å². The molecule has 3 heterocycles. The lowest BCUT2D eigenvalue weighted by molar-refractivity contribution is -0.140. The number of thioether (sulfide) groups is 1. The first kappa shape index (κ1) is 17.5. The highest BCUT2D eigenvalue weighted by molar-refractivity contribution is 7.99. The number of piperidine rings is 1. The number of para-hydroxylation sites is 1. The second kappa shape index (κ2) is 7.74. The van der Waals surface area contributed by atoms with Crippen LogP contribution in [0.4, 0.5) is 0 Å². The molecule has 1 atom stereocenters. The van der Waals surface area contributed by atoms with Gasteiger partial charge in [-0.25, -0.2) is 0 Å². The van der Waals surface area contributed by atoms with Gasteiger partial charge < -0.3 is 14.8 Å². The molecule has 1 N–H and O–H groups in total. The van der Waals surface area contributed by atoms with Gasteiger partial charge in [-0.3, -0.25) is 9.59 Å². The van der Waals surface area contributed by atoms with Crippen LogP contribution >= 0.6 is 11.8 Å². The van der Waals surface area contributed by atoms with Crippen molar-refractivity contribution in [3.8, 4) is 0 Å². The molecule has 0 saturated carbocycles. The summed E-state index contributed by atoms with van der Waals surface area (Å²) >= 11 is 1.91. The van der Waals surface area contributed by atoms with Crippen molar-refractivity contribution in [1.82, 2.24) is 14.8 Å². The molecule has 26 heavy (non-hydrogen) atoms. The molecule has 0 spiro atoms. The van der Waals surface area contributed by atoms with Crippen molar-refractivity contribution in [2.45, 2.75) is 19.3 Å². The number of aromatic nitrogens is 1. The van der Waals surface area contributed by atoms with Crippen LogP contribution in [0, 0.1) is 5.92 Å². The van der Waals surface area contributed by atoms with Crippen LogP contribution in [0.5, 0.6) is 0 Å². The number of amides is 2. The zero-order chi connectivity index (χ0) is 17.9. The predicted molar refractivity (Wildman–Crippen MR) is 105 cm³/mol. The van der Waals surface area contributed by atoms with Crippen molar-refractivity contribution in [2.24, 2.45) is 5.92 Å². The Kier molecular flexibility index (Phi) is 5.20. The van der Waals surface area contributed by atoms with Crippen LogP contribution in [0.15, 0.2) is 30.5 Å². The van der Waals surface area contributed by atoms with E-state index in [-0.39, 0.29) is 17.7 Å². The third-order valence-electron chi connectivity index (χ3n) is 5.46. The van der Waals surface area contributed by atoms with E-state index in [0.717, 1.165) is 60.4 Å². The molecule has 1 aromatic carbocycles. The minimum atomic E-state index is -0.0289. The van der Waals surface area contributed by atoms with Crippen LogP contribution in [0.25, 0.3) is 10.9 Å². The van der Waals surface area contributed by atoms with Crippen molar-refractivity contribution in [2.75, 3.05) is 37.7 Å². The first-order chi connectivity index (χ1) is 12.7. The zero-order valence-electron chi connectivity index (χ0n) is 14.9. The SMILES string of the molecule is O=C(Cc1c[nH]c2ccccc12)N1CCCC(C(=O)N2CCSCC2)C1. The molecule has 1 aromatic heterocycles. The standard InChI is InChI=1S/C20H25N3O2S/c24-19(12-16-13-21-18-6-2-1-5-17(16)18)23-7-3-4-15(14-23)20(25)22-8-10-26-11-9-22/h1-2,5-6,13,15,21H,3-4,7-12,14H2. The molecule has 0 radical (unpaired) electrons. The van der Waals surface area contributed by atoms with Crippen LogP contribution in [-0.4, -0.2) is 64.3 Å². The van der Waals surface area contributed by atoms with E-state index in [9.17, 15) is 9.59 Å². The maximum absolute atomic E-state index is 12.8. The lowest BCUT2D eigenvalue weighted by Gasteiger charge is -2.36. The van der Waals surface area contributed by atoms with Gasteiger partial charge in [0.15, 0.2) is 0 Å². The van der Waals surface area contributed by atoms with Crippen molar-refractivity contribution >= 4 is 34.5 Å². The van der Waals surface area contributed by atoms with Gasteiger partial charge in [0.1, 0.15) is 0 Å². The third kappa shape index (κ3) is 3.61. The highest BCUT2D eigenvalue weighted by Crippen LogP contribution is 2.23. The number of fused-ring (bicyclic) bond motifs is 1. The number of aromatic amines is 1. The average molecular weight is 372 g/mol. The summed E-state index contributed by atoms with van der Waals surface area (Å²) in [4.78, 5) is 32.7. The maximum Gasteiger partial charge on any atom is 0.227 e. The van der Waals surface area contributed by atoms with Crippen LogP contribution in [0.2, 0.25) is 0 Å². The lowest BCUT2D eigenvalue weighted by atomic mass is 9.95. The number of nitrogens with zero attached hydrogens (tertiary/aromatic N) is 2. The Morgan fingerprint density at radius 2 is 1.92 bits per heavy atom. The van der Waals surface area contributed by atoms with Crippen LogP contribution in [0.3, 0.4) is 0 Å². The van der Waals surface area contributed by atoms with E-state index in [0.29, 0.717) is 13.0 Å². The number of H-pyrrole nitrogens is 1. The van der Waals surface area contributed by atoms with Gasteiger partial charge >= 0.3 is 0 Å². The third-order valence-corrected chi connectivity index (χ3v) is 6.41. The molecule has 4 rings (SSSR count). The van der Waals surface area contributed by atoms with E-state index >= 15 is 0 Å². The number of benzene rings is 1. The fourth-order valence-corrected chi connectivity index (χ4v) is 4.90. The van der Waals surface area contributed by atoms with E-state index in [1.165, 1.54) is 0 Å². The first-order valence-corrected chi connectivity index (χ1v) is 10.6. The Morgan fingerprint density at radius 3 is 2.77 bits per heavy atom. The predicted octanol–water partition coefficient (Wildman–Crippen LogP) is 2.52. The number of nitrogens with one attached hydrogen (secondary N) is 1. The van der Waals surface area contributed by atoms with Gasteiger partial charge in [0.25, 0.3) is 0 Å². The Morgan fingerprint density at radius 1 is 1.12 bits per heavy atom. The van der Waals surface area contributed by atoms with Crippen LogP contribution < -0.4 is 0 Å². The Labute approximate surface area is 158 Å². The summed E-state index contributed by atoms with van der Waals surface area (Å²) in [5.41, 5.74) is 2.09. The summed E-state index contributed by atoms with van der Waals surface area (Å²) < 4.78 is 0. The number of hydrogen-bond donors (Lipinski definition) is 1. The smallest absolute Gasteiger partial charge is 0.227 e. The van der Waals surface area contributed by atoms with Crippen molar-refractivity contribution in [3.05, 3.63) is 36.0 Å². The van der Waals surface area contributed by atoms with E-state index in [1.54, 1.807) is 0 Å². The quantitative estimate of drug-likeness (QED) is 0.902. The minimum Gasteiger partial charge on any atom is -0.361 e. The van der Waals surface area contributed by atoms with Crippen molar-refractivity contribution < 1.29 is 9.59 Å². The lowest BCUT2D eigenvalue weighted by Crippen LogP contribution is -2.48. The minimum absolute atomic E-state index is 0.0289. The molecule has 2 saturated heterocycles. The Bertz CT molecular complexity index is 797. The van der Waals surface area contributed by atoms with Gasteiger partial charge in [-0.1, -0.05) is 18.2 Å². The van der Waals surface area contributed by atoms with Crippen molar-refractivity contribution in [1.29, 1.82) is 0 Å². The number of carbonyl (C=O) groups excluding carboxylic acids is 2. The topological polar surface area (TPSA) is 56.4 Å². The van der Waals surface area contributed by atoms with E-state index in [4.69, 9.17) is 0 Å². The van der Waals surface area contributed by atoms with Gasteiger partial charge in [-0.2, -0.15) is 11.8 Å². The number of carbonyl (C=O) groups is 2. The normalized spacial score (nSPS) is 21.2. The first-order valence-electron chi connectivity index (χ1n) is 9.41. The number of likely N-dealkylation sites (tertiary alicyclic amines) is 1. The molecular formula is C20H25N3O2S. The molecule has 138 valence electrons. The molecule has 2 aliphatic rings. The molecule has 6 heteroatoms. The molecular weight excluding hydrogens is 346 g/mol. The van der Waals surface area contributed by atoms with Gasteiger partial charge in [-0.05, 0) is 24.5 Å². The number of hydrogen-bond acceptors (Lipinski definition) is 3. The highest BCUT2D eigenvalue weighted by atomic mass is 32.2. The Hall–Kier alpha value is -1.95. The largest absolute Gasteiger partial charge is 0.361 e. The maximum atomic E-state index is 12.8. The van der Waals surface area contributed by atoms with Gasteiger partial charge in [0.05, 0.1) is 12.3 Å². The Balaban J connectivity index is 1.40. The number of rotatable bonds is 3. The summed E-state index contributed by atoms with van der Waals surface area (Å²) in [5.74, 6) is 2.40. The van der Waals surface area contributed by atoms with E-state index in [1.807, 2.05) is 52.0 Å². The van der Waals surface area contributed by atoms with Gasteiger partial charge in [-0.15, -0.1) is 0 Å². The summed E-state index contributed by atoms with van der Waals surface area (Å²) in [7, 11) is 0. The molecule has 2 aliphatic heterocycles. The molecule has 1 unspecified atom stereocenters. The summed E-state index contributed by atoms with van der Waals surface area (Å²) in [6, 6.07) is 8.06. The second-order valence-electron chi connectivity index (χ2n) is 7.15. The van der Waals surface area contributed by atoms with Gasteiger partial charge in [0.2, 0.25) is 11.8 Å². The zero-order valence-corrected chi connectivity index (χ0v) is 15.8. The van der Waals surface area contributed by atoms with Crippen LogP contribution in [-0.2, 0) is 16.0 Å². The fourth-order valence-electron chi connectivity index (χ4n) is 4.00. The second-order valence-corrected chi connectivity index (χ2v) is 8.38. The molecule has 0 aliphatic carbocycles. The van der Waals surface area contributed by atoms with Crippen LogP contribution in [0.1, 0.15) is 18.4 Å². The molecule has 2 aromatic rings. The average Bonchev–Trinajstić information content (AvgIpc) is 3.11. The molecule has 2 amide bonds. The molecule has 5 nitrogen and oxygen atoms in total. The highest BCUT2D eigenvalue weighted by Gasteiger charge is 2.31. The van der Waals surface area contributed by atoms with Gasteiger partial charge in [0, 0.05) is 54.8 Å². The molecule has 0 bridgehead atoms. The summed E-state index contributed by atoms with van der Waals surface area (Å²) in [6.07, 6.45) is 4.14. The van der Waals surface area contributed by atoms with E-state index in [2.05, 4.69) is 4.98 Å². The summed E-state index contributed by atoms with van der Waals surface area (Å²) in [5, 5.41) is 1.11. The monoisotopic (exact) mass is 371 g/mol. The fraction of sp³-hybridized carbons (Fsp3) is 0.500. The van der Waals surface area contributed by atoms with E-state index < -0.39 is 0 Å². The summed E-state index contributed by atoms with van der Waals surface area (Å²) in [6.45, 7) is 3.04. The molecule has 2 fully saturated rings.